The molecule has 2 fully saturated rings. The molecule has 1 aliphatic carbocycles. The molecule has 0 amide bonds. The molecule has 1 aliphatic heterocycles. The van der Waals surface area contributed by atoms with Crippen LogP contribution >= 0.6 is 0 Å². The molecule has 0 N–H and O–H groups in total. The SMILES string of the molecule is CC(=O)O[C@@H]1O[C@](C=C2CC2)(COCc2ccccc2)[C@@H](OCc2ccccc2)[C@H]1OC(C)=O. The Morgan fingerprint density at radius 1 is 0.912 bits per heavy atom. The Balaban J connectivity index is 1.62. The summed E-state index contributed by atoms with van der Waals surface area (Å²) in [5.74, 6) is -1.05. The number of hydrogen-bond donors (Lipinski definition) is 0. The smallest absolute Gasteiger partial charge is 0.305 e. The van der Waals surface area contributed by atoms with E-state index in [-0.39, 0.29) is 13.2 Å². The highest BCUT2D eigenvalue weighted by Crippen LogP contribution is 2.42. The second-order valence-corrected chi connectivity index (χ2v) is 8.62. The van der Waals surface area contributed by atoms with Crippen molar-refractivity contribution in [1.82, 2.24) is 0 Å². The van der Waals surface area contributed by atoms with E-state index >= 15 is 0 Å². The molecule has 4 rings (SSSR count). The van der Waals surface area contributed by atoms with Crippen LogP contribution in [0.15, 0.2) is 72.3 Å². The minimum absolute atomic E-state index is 0.139. The number of ether oxygens (including phenoxy) is 5. The fourth-order valence-corrected chi connectivity index (χ4v) is 4.07. The van der Waals surface area contributed by atoms with Gasteiger partial charge in [-0.1, -0.05) is 66.2 Å². The van der Waals surface area contributed by atoms with Gasteiger partial charge < -0.3 is 23.7 Å². The third-order valence-electron chi connectivity index (χ3n) is 5.67. The van der Waals surface area contributed by atoms with E-state index in [1.165, 1.54) is 19.4 Å². The molecule has 0 bridgehead atoms. The Kier molecular flexibility index (Phi) is 7.77. The molecule has 1 saturated carbocycles. The van der Waals surface area contributed by atoms with E-state index in [4.69, 9.17) is 23.7 Å². The summed E-state index contributed by atoms with van der Waals surface area (Å²) in [6.45, 7) is 3.38. The van der Waals surface area contributed by atoms with Gasteiger partial charge in [-0.25, -0.2) is 0 Å². The zero-order valence-electron chi connectivity index (χ0n) is 19.5. The lowest BCUT2D eigenvalue weighted by Gasteiger charge is -2.32. The highest BCUT2D eigenvalue weighted by molar-refractivity contribution is 5.67. The molecule has 2 aromatic rings. The monoisotopic (exact) mass is 466 g/mol. The van der Waals surface area contributed by atoms with Crippen LogP contribution in [0.1, 0.15) is 37.8 Å². The van der Waals surface area contributed by atoms with E-state index in [2.05, 4.69) is 0 Å². The number of carbonyl (C=O) groups is 2. The maximum Gasteiger partial charge on any atom is 0.305 e. The van der Waals surface area contributed by atoms with Crippen molar-refractivity contribution >= 4 is 11.9 Å². The summed E-state index contributed by atoms with van der Waals surface area (Å²) in [5.41, 5.74) is 2.08. The van der Waals surface area contributed by atoms with Crippen molar-refractivity contribution in [3.8, 4) is 0 Å². The minimum atomic E-state index is -1.11. The Hall–Kier alpha value is -3.00. The molecular formula is C27H30O7. The third-order valence-corrected chi connectivity index (χ3v) is 5.67. The zero-order chi connectivity index (χ0) is 24.0. The van der Waals surface area contributed by atoms with Crippen LogP contribution in [-0.4, -0.2) is 42.6 Å². The molecule has 0 unspecified atom stereocenters. The van der Waals surface area contributed by atoms with Gasteiger partial charge in [0.1, 0.15) is 11.7 Å². The van der Waals surface area contributed by atoms with E-state index in [0.717, 1.165) is 24.0 Å². The summed E-state index contributed by atoms with van der Waals surface area (Å²) in [4.78, 5) is 23.8. The molecule has 34 heavy (non-hydrogen) atoms. The first-order valence-electron chi connectivity index (χ1n) is 11.5. The maximum atomic E-state index is 12.0. The summed E-state index contributed by atoms with van der Waals surface area (Å²) < 4.78 is 29.8. The van der Waals surface area contributed by atoms with Gasteiger partial charge in [0.25, 0.3) is 0 Å². The molecule has 1 heterocycles. The molecule has 0 spiro atoms. The van der Waals surface area contributed by atoms with Crippen molar-refractivity contribution in [2.45, 2.75) is 64.0 Å². The van der Waals surface area contributed by atoms with Gasteiger partial charge in [0, 0.05) is 13.8 Å². The van der Waals surface area contributed by atoms with Crippen LogP contribution in [0.25, 0.3) is 0 Å². The third kappa shape index (κ3) is 6.32. The van der Waals surface area contributed by atoms with Gasteiger partial charge >= 0.3 is 11.9 Å². The van der Waals surface area contributed by atoms with Crippen LogP contribution in [-0.2, 0) is 46.5 Å². The molecule has 0 aromatic heterocycles. The van der Waals surface area contributed by atoms with Crippen molar-refractivity contribution in [1.29, 1.82) is 0 Å². The minimum Gasteiger partial charge on any atom is -0.453 e. The van der Waals surface area contributed by atoms with Crippen molar-refractivity contribution in [2.75, 3.05) is 6.61 Å². The van der Waals surface area contributed by atoms with Crippen LogP contribution in [0.2, 0.25) is 0 Å². The molecule has 180 valence electrons. The Labute approximate surface area is 199 Å². The quantitative estimate of drug-likeness (QED) is 0.385. The van der Waals surface area contributed by atoms with Crippen molar-refractivity contribution in [3.05, 3.63) is 83.4 Å². The number of allylic oxidation sites excluding steroid dienone is 1. The lowest BCUT2D eigenvalue weighted by Crippen LogP contribution is -2.48. The largest absolute Gasteiger partial charge is 0.453 e. The van der Waals surface area contributed by atoms with Crippen molar-refractivity contribution in [3.63, 3.8) is 0 Å². The van der Waals surface area contributed by atoms with Crippen molar-refractivity contribution < 1.29 is 33.3 Å². The van der Waals surface area contributed by atoms with Crippen LogP contribution in [0, 0.1) is 0 Å². The van der Waals surface area contributed by atoms with Gasteiger partial charge in [0.05, 0.1) is 19.8 Å². The van der Waals surface area contributed by atoms with E-state index in [1.54, 1.807) is 0 Å². The number of esters is 2. The lowest BCUT2D eigenvalue weighted by molar-refractivity contribution is -0.204. The molecule has 2 aliphatic rings. The number of hydrogen-bond acceptors (Lipinski definition) is 7. The maximum absolute atomic E-state index is 12.0. The van der Waals surface area contributed by atoms with E-state index in [1.807, 2.05) is 66.7 Å². The van der Waals surface area contributed by atoms with Gasteiger partial charge in [-0.2, -0.15) is 0 Å². The predicted octanol–water partition coefficient (Wildman–Crippen LogP) is 4.10. The lowest BCUT2D eigenvalue weighted by atomic mass is 9.94. The predicted molar refractivity (Wildman–Crippen MR) is 123 cm³/mol. The number of carbonyl (C=O) groups excluding carboxylic acids is 2. The first-order chi connectivity index (χ1) is 16.4. The second kappa shape index (κ2) is 11.0. The van der Waals surface area contributed by atoms with E-state index in [9.17, 15) is 9.59 Å². The molecule has 1 saturated heterocycles. The molecule has 0 radical (unpaired) electrons. The second-order valence-electron chi connectivity index (χ2n) is 8.62. The van der Waals surface area contributed by atoms with Gasteiger partial charge in [-0.05, 0) is 30.0 Å². The molecule has 4 atom stereocenters. The van der Waals surface area contributed by atoms with Crippen LogP contribution < -0.4 is 0 Å². The highest BCUT2D eigenvalue weighted by Gasteiger charge is 2.59. The Morgan fingerprint density at radius 2 is 1.50 bits per heavy atom. The van der Waals surface area contributed by atoms with E-state index < -0.39 is 36.0 Å². The summed E-state index contributed by atoms with van der Waals surface area (Å²) in [6.07, 6.45) is 1.09. The standard InChI is InChI=1S/C27H30O7/c1-19(28)32-24-25(31-17-23-11-7-4-8-12-23)27(15-21-13-14-21,34-26(24)33-20(2)29)18-30-16-22-9-5-3-6-10-22/h3-12,15,24-26H,13-14,16-18H2,1-2H3/t24-,25+,26-,27-/m1/s1. The summed E-state index contributed by atoms with van der Waals surface area (Å²) in [7, 11) is 0. The van der Waals surface area contributed by atoms with Gasteiger partial charge in [-0.15, -0.1) is 0 Å². The van der Waals surface area contributed by atoms with Crippen LogP contribution in [0.4, 0.5) is 0 Å². The van der Waals surface area contributed by atoms with Crippen LogP contribution in [0.3, 0.4) is 0 Å². The molecule has 7 heteroatoms. The normalized spacial score (nSPS) is 25.6. The molecule has 7 nitrogen and oxygen atoms in total. The highest BCUT2D eigenvalue weighted by atomic mass is 16.8. The fourth-order valence-electron chi connectivity index (χ4n) is 4.07. The summed E-state index contributed by atoms with van der Waals surface area (Å²) in [6, 6.07) is 19.5. The first kappa shape index (κ1) is 24.1. The molecule has 2 aromatic carbocycles. The topological polar surface area (TPSA) is 80.3 Å². The Morgan fingerprint density at radius 3 is 2.06 bits per heavy atom. The van der Waals surface area contributed by atoms with Gasteiger partial charge in [0.15, 0.2) is 6.10 Å². The van der Waals surface area contributed by atoms with Gasteiger partial charge in [0.2, 0.25) is 6.29 Å². The average Bonchev–Trinajstić information content (AvgIpc) is 3.58. The van der Waals surface area contributed by atoms with E-state index in [0.29, 0.717) is 6.61 Å². The fraction of sp³-hybridized carbons (Fsp3) is 0.407. The van der Waals surface area contributed by atoms with Crippen LogP contribution in [0.5, 0.6) is 0 Å². The first-order valence-corrected chi connectivity index (χ1v) is 11.5. The average molecular weight is 467 g/mol. The van der Waals surface area contributed by atoms with Gasteiger partial charge in [-0.3, -0.25) is 9.59 Å². The van der Waals surface area contributed by atoms with Crippen molar-refractivity contribution in [2.24, 2.45) is 0 Å². The Bertz CT molecular complexity index is 998. The summed E-state index contributed by atoms with van der Waals surface area (Å²) in [5, 5.41) is 0. The zero-order valence-corrected chi connectivity index (χ0v) is 19.5. The number of benzene rings is 2. The summed E-state index contributed by atoms with van der Waals surface area (Å²) >= 11 is 0. The number of rotatable bonds is 10. The molecular weight excluding hydrogens is 436 g/mol.